The Morgan fingerprint density at radius 3 is 2.53 bits per heavy atom. The van der Waals surface area contributed by atoms with Gasteiger partial charge in [-0.05, 0) is 40.2 Å². The molecule has 1 radical (unpaired) electrons. The van der Waals surface area contributed by atoms with E-state index >= 15 is 0 Å². The van der Waals surface area contributed by atoms with Gasteiger partial charge in [-0.3, -0.25) is 5.41 Å². The van der Waals surface area contributed by atoms with Crippen LogP contribution in [0.3, 0.4) is 0 Å². The van der Waals surface area contributed by atoms with Gasteiger partial charge >= 0.3 is 6.09 Å². The molecular formula is C13H19N2O2. The third-order valence-electron chi connectivity index (χ3n) is 2.04. The highest BCUT2D eigenvalue weighted by Gasteiger charge is 2.26. The van der Waals surface area contributed by atoms with Crippen molar-refractivity contribution in [3.05, 3.63) is 30.3 Å². The molecule has 0 heterocycles. The number of ether oxygens (including phenoxy) is 1. The maximum atomic E-state index is 12.0. The van der Waals surface area contributed by atoms with Crippen LogP contribution in [0.5, 0.6) is 0 Å². The first-order valence-corrected chi connectivity index (χ1v) is 5.59. The van der Waals surface area contributed by atoms with Crippen LogP contribution in [0.25, 0.3) is 0 Å². The Bertz CT molecular complexity index is 375. The largest absolute Gasteiger partial charge is 0.443 e. The number of amides is 1. The number of rotatable bonds is 1. The van der Waals surface area contributed by atoms with Crippen LogP contribution >= 0.6 is 0 Å². The average Bonchev–Trinajstić information content (AvgIpc) is 2.15. The minimum Gasteiger partial charge on any atom is -0.443 e. The molecule has 0 unspecified atom stereocenters. The van der Waals surface area contributed by atoms with Crippen LogP contribution in [0.15, 0.2) is 23.9 Å². The van der Waals surface area contributed by atoms with E-state index < -0.39 is 11.7 Å². The van der Waals surface area contributed by atoms with Gasteiger partial charge in [-0.25, -0.2) is 9.69 Å². The molecule has 0 aliphatic heterocycles. The fraction of sp³-hybridized carbons (Fsp3) is 0.462. The first-order chi connectivity index (χ1) is 7.81. The predicted molar refractivity (Wildman–Crippen MR) is 67.6 cm³/mol. The summed E-state index contributed by atoms with van der Waals surface area (Å²) in [6, 6.07) is 0. The van der Waals surface area contributed by atoms with Crippen LogP contribution in [0.2, 0.25) is 0 Å². The van der Waals surface area contributed by atoms with Crippen molar-refractivity contribution in [1.29, 1.82) is 5.41 Å². The summed E-state index contributed by atoms with van der Waals surface area (Å²) in [7, 11) is 0. The summed E-state index contributed by atoms with van der Waals surface area (Å²) in [5, 5.41) is 7.67. The highest BCUT2D eigenvalue weighted by Crippen LogP contribution is 2.19. The van der Waals surface area contributed by atoms with E-state index in [1.54, 1.807) is 33.8 Å². The summed E-state index contributed by atoms with van der Waals surface area (Å²) in [5.74, 6) is 0.150. The van der Waals surface area contributed by atoms with E-state index in [4.69, 9.17) is 10.1 Å². The first-order valence-electron chi connectivity index (χ1n) is 5.59. The molecule has 93 valence electrons. The van der Waals surface area contributed by atoms with E-state index in [9.17, 15) is 4.79 Å². The molecule has 0 atom stereocenters. The smallest absolute Gasteiger partial charge is 0.420 e. The summed E-state index contributed by atoms with van der Waals surface area (Å²) in [6.07, 6.45) is 7.79. The lowest BCUT2D eigenvalue weighted by Gasteiger charge is -2.28. The average molecular weight is 235 g/mol. The van der Waals surface area contributed by atoms with Crippen LogP contribution in [0.1, 0.15) is 34.1 Å². The third kappa shape index (κ3) is 4.06. The van der Waals surface area contributed by atoms with Gasteiger partial charge in [-0.1, -0.05) is 12.2 Å². The Balaban J connectivity index is 2.86. The number of hydrogen-bond acceptors (Lipinski definition) is 3. The molecule has 17 heavy (non-hydrogen) atoms. The molecule has 0 bridgehead atoms. The molecule has 0 spiro atoms. The Labute approximate surface area is 102 Å². The van der Waals surface area contributed by atoms with Crippen LogP contribution in [0, 0.1) is 11.8 Å². The number of carbonyl (C=O) groups excluding carboxylic acids is 1. The van der Waals surface area contributed by atoms with Crippen molar-refractivity contribution >= 4 is 11.9 Å². The van der Waals surface area contributed by atoms with Crippen LogP contribution in [0.4, 0.5) is 4.79 Å². The number of allylic oxidation sites excluding steroid dienone is 4. The summed E-state index contributed by atoms with van der Waals surface area (Å²) in [6.45, 7) is 6.99. The number of amidine groups is 1. The Morgan fingerprint density at radius 1 is 1.47 bits per heavy atom. The second-order valence-corrected chi connectivity index (χ2v) is 4.86. The van der Waals surface area contributed by atoms with Crippen molar-refractivity contribution < 1.29 is 9.53 Å². The van der Waals surface area contributed by atoms with Crippen molar-refractivity contribution in [1.82, 2.24) is 4.90 Å². The minimum absolute atomic E-state index is 0.150. The number of nitrogens with zero attached hydrogens (tertiary/aromatic N) is 1. The standard InChI is InChI=1S/C13H19N2O2/c1-10(14)15(11-8-6-5-7-9-11)12(16)17-13(2,3)4/h5-6,8-9,14H,7H2,1-4H3. The molecule has 0 saturated heterocycles. The molecule has 1 aliphatic carbocycles. The van der Waals surface area contributed by atoms with Crippen molar-refractivity contribution in [3.8, 4) is 0 Å². The van der Waals surface area contributed by atoms with Gasteiger partial charge in [0.05, 0.1) is 0 Å². The minimum atomic E-state index is -0.560. The molecule has 1 rings (SSSR count). The molecule has 0 aromatic heterocycles. The summed E-state index contributed by atoms with van der Waals surface area (Å²) >= 11 is 0. The van der Waals surface area contributed by atoms with Gasteiger partial charge in [0.25, 0.3) is 0 Å². The van der Waals surface area contributed by atoms with Gasteiger partial charge in [0, 0.05) is 12.1 Å². The SMILES string of the molecule is CC(=N)N(C(=O)OC(C)(C)C)C1=CC=CC[CH]1. The van der Waals surface area contributed by atoms with Gasteiger partial charge in [0.15, 0.2) is 0 Å². The molecule has 0 aromatic carbocycles. The Kier molecular flexibility index (Phi) is 4.10. The third-order valence-corrected chi connectivity index (χ3v) is 2.04. The zero-order valence-electron chi connectivity index (χ0n) is 10.8. The zero-order chi connectivity index (χ0) is 13.1. The van der Waals surface area contributed by atoms with Gasteiger partial charge < -0.3 is 4.74 Å². The molecule has 1 N–H and O–H groups in total. The molecule has 4 nitrogen and oxygen atoms in total. The lowest BCUT2D eigenvalue weighted by molar-refractivity contribution is 0.0412. The Hall–Kier alpha value is -1.58. The highest BCUT2D eigenvalue weighted by atomic mass is 16.6. The number of hydrogen-bond donors (Lipinski definition) is 1. The van der Waals surface area contributed by atoms with E-state index in [0.29, 0.717) is 5.70 Å². The fourth-order valence-electron chi connectivity index (χ4n) is 1.41. The van der Waals surface area contributed by atoms with Crippen LogP contribution in [-0.4, -0.2) is 22.4 Å². The molecule has 0 aromatic rings. The van der Waals surface area contributed by atoms with E-state index in [1.807, 2.05) is 18.6 Å². The second-order valence-electron chi connectivity index (χ2n) is 4.86. The molecule has 1 aliphatic rings. The monoisotopic (exact) mass is 235 g/mol. The van der Waals surface area contributed by atoms with Crippen molar-refractivity contribution in [2.45, 2.75) is 39.7 Å². The van der Waals surface area contributed by atoms with E-state index in [1.165, 1.54) is 4.90 Å². The lowest BCUT2D eigenvalue weighted by atomic mass is 10.1. The van der Waals surface area contributed by atoms with Gasteiger partial charge in [-0.15, -0.1) is 0 Å². The number of carbonyl (C=O) groups is 1. The Morgan fingerprint density at radius 2 is 2.12 bits per heavy atom. The zero-order valence-corrected chi connectivity index (χ0v) is 10.8. The van der Waals surface area contributed by atoms with Crippen LogP contribution in [-0.2, 0) is 4.74 Å². The van der Waals surface area contributed by atoms with Crippen molar-refractivity contribution in [3.63, 3.8) is 0 Å². The predicted octanol–water partition coefficient (Wildman–Crippen LogP) is 3.27. The summed E-state index contributed by atoms with van der Waals surface area (Å²) in [4.78, 5) is 13.3. The van der Waals surface area contributed by atoms with Crippen molar-refractivity contribution in [2.75, 3.05) is 0 Å². The van der Waals surface area contributed by atoms with E-state index in [0.717, 1.165) is 6.42 Å². The molecule has 0 fully saturated rings. The maximum Gasteiger partial charge on any atom is 0.420 e. The molecule has 1 amide bonds. The van der Waals surface area contributed by atoms with Crippen molar-refractivity contribution in [2.24, 2.45) is 0 Å². The van der Waals surface area contributed by atoms with E-state index in [2.05, 4.69) is 0 Å². The second kappa shape index (κ2) is 5.17. The van der Waals surface area contributed by atoms with E-state index in [-0.39, 0.29) is 5.84 Å². The van der Waals surface area contributed by atoms with Gasteiger partial charge in [0.1, 0.15) is 11.4 Å². The van der Waals surface area contributed by atoms with Crippen LogP contribution < -0.4 is 0 Å². The highest BCUT2D eigenvalue weighted by molar-refractivity contribution is 5.95. The quantitative estimate of drug-likeness (QED) is 0.560. The molecule has 4 heteroatoms. The number of nitrogens with one attached hydrogen (secondary N) is 1. The summed E-state index contributed by atoms with van der Waals surface area (Å²) in [5.41, 5.74) is 0.129. The summed E-state index contributed by atoms with van der Waals surface area (Å²) < 4.78 is 5.28. The molecular weight excluding hydrogens is 216 g/mol. The topological polar surface area (TPSA) is 53.4 Å². The van der Waals surface area contributed by atoms with Gasteiger partial charge in [0.2, 0.25) is 0 Å². The molecule has 0 saturated carbocycles. The van der Waals surface area contributed by atoms with Gasteiger partial charge in [-0.2, -0.15) is 0 Å². The first kappa shape index (κ1) is 13.5. The lowest BCUT2D eigenvalue weighted by Crippen LogP contribution is -2.39. The fourth-order valence-corrected chi connectivity index (χ4v) is 1.41. The normalized spacial score (nSPS) is 15.2. The maximum absolute atomic E-state index is 12.0.